The van der Waals surface area contributed by atoms with Crippen LogP contribution in [-0.2, 0) is 0 Å². The summed E-state index contributed by atoms with van der Waals surface area (Å²) in [5.74, 6) is 0. The van der Waals surface area contributed by atoms with E-state index in [0.717, 1.165) is 20.7 Å². The summed E-state index contributed by atoms with van der Waals surface area (Å²) in [5, 5.41) is 0.758. The first kappa shape index (κ1) is 17.3. The van der Waals surface area contributed by atoms with E-state index < -0.39 is 0 Å². The maximum Gasteiger partial charge on any atom is 0.0633 e. The van der Waals surface area contributed by atoms with Crippen molar-refractivity contribution in [3.8, 4) is 0 Å². The average Bonchev–Trinajstić information content (AvgIpc) is 2.59. The first-order valence-corrected chi connectivity index (χ1v) is 9.42. The molecule has 0 spiro atoms. The third-order valence-corrected chi connectivity index (χ3v) is 5.59. The number of hydrogen-bond acceptors (Lipinski definition) is 2. The molecule has 0 saturated heterocycles. The van der Waals surface area contributed by atoms with Crippen LogP contribution in [0, 0.1) is 6.92 Å². The van der Waals surface area contributed by atoms with Crippen molar-refractivity contribution in [2.75, 3.05) is 0 Å². The normalized spacial score (nSPS) is 11.1. The van der Waals surface area contributed by atoms with Crippen LogP contribution in [0.4, 0.5) is 5.69 Å². The molecule has 0 aliphatic carbocycles. The smallest absolute Gasteiger partial charge is 0.0633 e. The topological polar surface area (TPSA) is 12.4 Å². The van der Waals surface area contributed by atoms with Crippen LogP contribution in [0.2, 0.25) is 5.02 Å². The number of benzene rings is 3. The number of aryl methyl sites for hydroxylation is 1. The molecule has 0 N–H and O–H groups in total. The summed E-state index contributed by atoms with van der Waals surface area (Å²) in [6.07, 6.45) is 1.89. The van der Waals surface area contributed by atoms with Crippen LogP contribution in [-0.4, -0.2) is 6.21 Å². The molecule has 0 aliphatic heterocycles. The van der Waals surface area contributed by atoms with E-state index in [9.17, 15) is 0 Å². The Labute approximate surface area is 159 Å². The lowest BCUT2D eigenvalue weighted by molar-refractivity contribution is 1.39. The molecule has 1 nitrogen and oxygen atoms in total. The Balaban J connectivity index is 1.68. The molecule has 0 aromatic heterocycles. The van der Waals surface area contributed by atoms with E-state index in [0.29, 0.717) is 0 Å². The molecule has 0 bridgehead atoms. The van der Waals surface area contributed by atoms with Gasteiger partial charge in [-0.25, -0.2) is 0 Å². The second-order valence-corrected chi connectivity index (χ2v) is 7.75. The molecule has 0 radical (unpaired) electrons. The van der Waals surface area contributed by atoms with Gasteiger partial charge in [0, 0.05) is 25.5 Å². The van der Waals surface area contributed by atoms with E-state index >= 15 is 0 Å². The number of hydrogen-bond donors (Lipinski definition) is 0. The van der Waals surface area contributed by atoms with Gasteiger partial charge in [0.1, 0.15) is 0 Å². The number of nitrogens with zero attached hydrogens (tertiary/aromatic N) is 1. The lowest BCUT2D eigenvalue weighted by Gasteiger charge is -2.03. The molecule has 0 saturated carbocycles. The number of rotatable bonds is 4. The van der Waals surface area contributed by atoms with Crippen molar-refractivity contribution in [2.24, 2.45) is 4.99 Å². The lowest BCUT2D eigenvalue weighted by atomic mass is 10.2. The van der Waals surface area contributed by atoms with Crippen LogP contribution < -0.4 is 0 Å². The monoisotopic (exact) mass is 415 g/mol. The summed E-state index contributed by atoms with van der Waals surface area (Å²) in [7, 11) is 0. The highest BCUT2D eigenvalue weighted by Gasteiger charge is 1.99. The molecule has 0 fully saturated rings. The molecule has 0 atom stereocenters. The Morgan fingerprint density at radius 3 is 2.17 bits per heavy atom. The van der Waals surface area contributed by atoms with Gasteiger partial charge in [0.15, 0.2) is 0 Å². The third-order valence-electron chi connectivity index (χ3n) is 3.43. The van der Waals surface area contributed by atoms with Gasteiger partial charge >= 0.3 is 0 Å². The molecule has 0 aliphatic rings. The maximum absolute atomic E-state index is 5.91. The SMILES string of the molecule is Cc1cc(N=Cc2ccc(Sc3ccc(Cl)cc3)cc2)ccc1Br. The molecule has 120 valence electrons. The minimum absolute atomic E-state index is 0.758. The largest absolute Gasteiger partial charge is 0.256 e. The van der Waals surface area contributed by atoms with Crippen LogP contribution in [0.3, 0.4) is 0 Å². The van der Waals surface area contributed by atoms with E-state index in [2.05, 4.69) is 58.2 Å². The van der Waals surface area contributed by atoms with Crippen LogP contribution in [0.1, 0.15) is 11.1 Å². The summed E-state index contributed by atoms with van der Waals surface area (Å²) in [6, 6.07) is 22.3. The van der Waals surface area contributed by atoms with Gasteiger partial charge < -0.3 is 0 Å². The molecular weight excluding hydrogens is 402 g/mol. The lowest BCUT2D eigenvalue weighted by Crippen LogP contribution is -1.81. The Kier molecular flexibility index (Phi) is 5.77. The molecule has 24 heavy (non-hydrogen) atoms. The van der Waals surface area contributed by atoms with Crippen LogP contribution >= 0.6 is 39.3 Å². The number of aliphatic imine (C=N–C) groups is 1. The summed E-state index contributed by atoms with van der Waals surface area (Å²) in [5.41, 5.74) is 3.21. The predicted octanol–water partition coefficient (Wildman–Crippen LogP) is 7.31. The molecule has 0 unspecified atom stereocenters. The fraction of sp³-hybridized carbons (Fsp3) is 0.0500. The van der Waals surface area contributed by atoms with E-state index in [-0.39, 0.29) is 0 Å². The molecule has 0 amide bonds. The molecule has 4 heteroatoms. The standard InChI is InChI=1S/C20H15BrClNS/c1-14-12-17(6-11-20(14)21)23-13-15-2-7-18(8-3-15)24-19-9-4-16(22)5-10-19/h2-13H,1H3. The fourth-order valence-electron chi connectivity index (χ4n) is 2.12. The summed E-state index contributed by atoms with van der Waals surface area (Å²) >= 11 is 11.1. The molecule has 0 heterocycles. The van der Waals surface area contributed by atoms with Gasteiger partial charge in [-0.15, -0.1) is 0 Å². The van der Waals surface area contributed by atoms with E-state index in [1.807, 2.05) is 42.6 Å². The Hall–Kier alpha value is -1.55. The zero-order chi connectivity index (χ0) is 16.9. The van der Waals surface area contributed by atoms with Crippen molar-refractivity contribution in [3.05, 3.63) is 87.4 Å². The first-order valence-electron chi connectivity index (χ1n) is 7.44. The second kappa shape index (κ2) is 8.02. The van der Waals surface area contributed by atoms with Crippen molar-refractivity contribution in [2.45, 2.75) is 16.7 Å². The average molecular weight is 417 g/mol. The van der Waals surface area contributed by atoms with Gasteiger partial charge in [-0.3, -0.25) is 4.99 Å². The van der Waals surface area contributed by atoms with Crippen molar-refractivity contribution < 1.29 is 0 Å². The number of halogens is 2. The minimum atomic E-state index is 0.758. The summed E-state index contributed by atoms with van der Waals surface area (Å²) in [4.78, 5) is 6.90. The van der Waals surface area contributed by atoms with E-state index in [4.69, 9.17) is 11.6 Å². The summed E-state index contributed by atoms with van der Waals surface area (Å²) < 4.78 is 1.10. The summed E-state index contributed by atoms with van der Waals surface area (Å²) in [6.45, 7) is 2.06. The maximum atomic E-state index is 5.91. The van der Waals surface area contributed by atoms with Crippen molar-refractivity contribution >= 4 is 51.2 Å². The highest BCUT2D eigenvalue weighted by molar-refractivity contribution is 9.10. The van der Waals surface area contributed by atoms with Crippen LogP contribution in [0.25, 0.3) is 0 Å². The van der Waals surface area contributed by atoms with Crippen molar-refractivity contribution in [3.63, 3.8) is 0 Å². The van der Waals surface area contributed by atoms with Gasteiger partial charge in [0.05, 0.1) is 5.69 Å². The third kappa shape index (κ3) is 4.73. The van der Waals surface area contributed by atoms with Crippen LogP contribution in [0.15, 0.2) is 86.0 Å². The minimum Gasteiger partial charge on any atom is -0.256 e. The van der Waals surface area contributed by atoms with Gasteiger partial charge in [-0.2, -0.15) is 0 Å². The Bertz CT molecular complexity index is 858. The highest BCUT2D eigenvalue weighted by atomic mass is 79.9. The second-order valence-electron chi connectivity index (χ2n) is 5.32. The molecule has 3 rings (SSSR count). The Morgan fingerprint density at radius 1 is 0.917 bits per heavy atom. The van der Waals surface area contributed by atoms with Gasteiger partial charge in [0.2, 0.25) is 0 Å². The highest BCUT2D eigenvalue weighted by Crippen LogP contribution is 2.28. The predicted molar refractivity (Wildman–Crippen MR) is 108 cm³/mol. The zero-order valence-electron chi connectivity index (χ0n) is 13.0. The zero-order valence-corrected chi connectivity index (χ0v) is 16.2. The van der Waals surface area contributed by atoms with Gasteiger partial charge in [-0.1, -0.05) is 51.4 Å². The van der Waals surface area contributed by atoms with Crippen molar-refractivity contribution in [1.29, 1.82) is 0 Å². The van der Waals surface area contributed by atoms with E-state index in [1.165, 1.54) is 15.4 Å². The fourth-order valence-corrected chi connectivity index (χ4v) is 3.31. The van der Waals surface area contributed by atoms with Crippen molar-refractivity contribution in [1.82, 2.24) is 0 Å². The Morgan fingerprint density at radius 2 is 1.54 bits per heavy atom. The first-order chi connectivity index (χ1) is 11.6. The molecular formula is C20H15BrClNS. The van der Waals surface area contributed by atoms with Gasteiger partial charge in [0.25, 0.3) is 0 Å². The molecule has 3 aromatic carbocycles. The quantitative estimate of drug-likeness (QED) is 0.406. The van der Waals surface area contributed by atoms with Crippen LogP contribution in [0.5, 0.6) is 0 Å². The molecule has 3 aromatic rings. The van der Waals surface area contributed by atoms with E-state index in [1.54, 1.807) is 11.8 Å². The van der Waals surface area contributed by atoms with Gasteiger partial charge in [-0.05, 0) is 72.6 Å².